The second-order valence-corrected chi connectivity index (χ2v) is 8.42. The van der Waals surface area contributed by atoms with Gasteiger partial charge in [-0.25, -0.2) is 9.37 Å². The lowest BCUT2D eigenvalue weighted by Crippen LogP contribution is -2.00. The Labute approximate surface area is 202 Å². The van der Waals surface area contributed by atoms with E-state index in [-0.39, 0.29) is 11.6 Å². The summed E-state index contributed by atoms with van der Waals surface area (Å²) in [6.07, 6.45) is 4.20. The Morgan fingerprint density at radius 3 is 2.57 bits per heavy atom. The number of halogens is 1. The van der Waals surface area contributed by atoms with Crippen molar-refractivity contribution in [2.45, 2.75) is 19.4 Å². The molecule has 0 aliphatic rings. The average molecular weight is 469 g/mol. The summed E-state index contributed by atoms with van der Waals surface area (Å²) in [6, 6.07) is 20.6. The third-order valence-corrected chi connectivity index (χ3v) is 6.03. The predicted molar refractivity (Wildman–Crippen MR) is 134 cm³/mol. The minimum absolute atomic E-state index is 0.0796. The molecule has 7 heteroatoms. The van der Waals surface area contributed by atoms with Crippen molar-refractivity contribution in [1.29, 1.82) is 0 Å². The molecule has 2 heterocycles. The van der Waals surface area contributed by atoms with Crippen LogP contribution in [0.15, 0.2) is 79.1 Å². The highest BCUT2D eigenvalue weighted by molar-refractivity contribution is 5.72. The number of hydrogen-bond donors (Lipinski definition) is 2. The van der Waals surface area contributed by atoms with Crippen molar-refractivity contribution in [3.8, 4) is 17.0 Å². The van der Waals surface area contributed by atoms with Crippen LogP contribution in [0.1, 0.15) is 28.1 Å². The van der Waals surface area contributed by atoms with Crippen LogP contribution in [0, 0.1) is 5.82 Å². The number of nitrogens with two attached hydrogens (primary N) is 1. The molecule has 2 aromatic heterocycles. The second kappa shape index (κ2) is 9.56. The molecule has 0 atom stereocenters. The topological polar surface area (TPSA) is 85.7 Å². The molecule has 6 nitrogen and oxygen atoms in total. The first-order valence-corrected chi connectivity index (χ1v) is 11.3. The standard InChI is InChI=1S/C28H25FN4O2/c1-35-17-19-7-4-6-18(14-19)15-25-28(34)33-13-12-31-24(27(33)32-25)16-20-8-2-3-9-21(20)22-10-5-11-23(30)26(22)29/h2-14,34H,15-17,30H2,1H3. The molecule has 0 aliphatic heterocycles. The summed E-state index contributed by atoms with van der Waals surface area (Å²) in [5.74, 6) is -0.362. The molecule has 3 aromatic carbocycles. The van der Waals surface area contributed by atoms with Crippen LogP contribution in [0.3, 0.4) is 0 Å². The zero-order valence-corrected chi connectivity index (χ0v) is 19.3. The van der Waals surface area contributed by atoms with Gasteiger partial charge in [-0.15, -0.1) is 0 Å². The molecule has 0 fully saturated rings. The number of nitrogens with zero attached hydrogens (tertiary/aromatic N) is 3. The van der Waals surface area contributed by atoms with Crippen molar-refractivity contribution in [2.24, 2.45) is 0 Å². The van der Waals surface area contributed by atoms with E-state index in [1.807, 2.05) is 48.5 Å². The van der Waals surface area contributed by atoms with E-state index in [1.54, 1.807) is 42.1 Å². The van der Waals surface area contributed by atoms with Gasteiger partial charge >= 0.3 is 0 Å². The lowest BCUT2D eigenvalue weighted by Gasteiger charge is -2.12. The van der Waals surface area contributed by atoms with Crippen molar-refractivity contribution >= 4 is 11.3 Å². The number of hydrogen-bond acceptors (Lipinski definition) is 5. The Kier molecular flexibility index (Phi) is 6.16. The highest BCUT2D eigenvalue weighted by atomic mass is 19.1. The minimum Gasteiger partial charge on any atom is -0.493 e. The first-order chi connectivity index (χ1) is 17.0. The van der Waals surface area contributed by atoms with E-state index in [4.69, 9.17) is 15.5 Å². The van der Waals surface area contributed by atoms with Crippen LogP contribution >= 0.6 is 0 Å². The number of methoxy groups -OCH3 is 1. The normalized spacial score (nSPS) is 11.3. The van der Waals surface area contributed by atoms with Gasteiger partial charge in [0.1, 0.15) is 5.69 Å². The maximum atomic E-state index is 14.8. The van der Waals surface area contributed by atoms with E-state index in [9.17, 15) is 9.50 Å². The number of nitrogen functional groups attached to an aromatic ring is 1. The second-order valence-electron chi connectivity index (χ2n) is 8.42. The molecule has 0 spiro atoms. The molecule has 5 rings (SSSR count). The lowest BCUT2D eigenvalue weighted by molar-refractivity contribution is 0.185. The summed E-state index contributed by atoms with van der Waals surface area (Å²) in [6.45, 7) is 0.520. The van der Waals surface area contributed by atoms with E-state index >= 15 is 0 Å². The van der Waals surface area contributed by atoms with Gasteiger partial charge in [-0.3, -0.25) is 9.38 Å². The molecule has 0 unspecified atom stereocenters. The fourth-order valence-corrected chi connectivity index (χ4v) is 4.37. The fraction of sp³-hybridized carbons (Fsp3) is 0.143. The van der Waals surface area contributed by atoms with Crippen LogP contribution in [0.5, 0.6) is 5.88 Å². The summed E-state index contributed by atoms with van der Waals surface area (Å²) in [4.78, 5) is 9.29. The van der Waals surface area contributed by atoms with Gasteiger partial charge in [0.25, 0.3) is 0 Å². The van der Waals surface area contributed by atoms with Crippen LogP contribution in [0.4, 0.5) is 10.1 Å². The quantitative estimate of drug-likeness (QED) is 0.323. The van der Waals surface area contributed by atoms with E-state index in [0.717, 1.165) is 22.3 Å². The largest absolute Gasteiger partial charge is 0.493 e. The molecule has 5 aromatic rings. The summed E-state index contributed by atoms with van der Waals surface area (Å²) < 4.78 is 21.7. The number of rotatable bonds is 7. The number of ether oxygens (including phenoxy) is 1. The zero-order chi connectivity index (χ0) is 24.4. The highest BCUT2D eigenvalue weighted by Crippen LogP contribution is 2.31. The Hall–Kier alpha value is -4.23. The van der Waals surface area contributed by atoms with E-state index < -0.39 is 5.82 Å². The molecule has 0 bridgehead atoms. The lowest BCUT2D eigenvalue weighted by atomic mass is 9.96. The monoisotopic (exact) mass is 468 g/mol. The van der Waals surface area contributed by atoms with Crippen LogP contribution in [-0.4, -0.2) is 26.6 Å². The number of aromatic nitrogens is 3. The molecular formula is C28H25FN4O2. The van der Waals surface area contributed by atoms with Crippen molar-refractivity contribution in [2.75, 3.05) is 12.8 Å². The van der Waals surface area contributed by atoms with Gasteiger partial charge in [0.05, 0.1) is 18.0 Å². The van der Waals surface area contributed by atoms with Crippen LogP contribution in [-0.2, 0) is 24.2 Å². The first-order valence-electron chi connectivity index (χ1n) is 11.3. The van der Waals surface area contributed by atoms with E-state index in [0.29, 0.717) is 42.0 Å². The maximum absolute atomic E-state index is 14.8. The molecule has 0 aliphatic carbocycles. The van der Waals surface area contributed by atoms with Gasteiger partial charge in [-0.2, -0.15) is 0 Å². The minimum atomic E-state index is -0.442. The Balaban J connectivity index is 1.52. The predicted octanol–water partition coefficient (Wildman–Crippen LogP) is 5.15. The molecule has 0 saturated carbocycles. The SMILES string of the molecule is COCc1cccc(Cc2nc3c(Cc4ccccc4-c4cccc(N)c4F)nccn3c2O)c1. The van der Waals surface area contributed by atoms with Crippen molar-refractivity contribution in [3.05, 3.63) is 113 Å². The number of anilines is 1. The number of benzene rings is 3. The number of imidazole rings is 1. The molecule has 0 saturated heterocycles. The molecule has 35 heavy (non-hydrogen) atoms. The molecular weight excluding hydrogens is 443 g/mol. The van der Waals surface area contributed by atoms with Crippen molar-refractivity contribution < 1.29 is 14.2 Å². The Morgan fingerprint density at radius 1 is 0.943 bits per heavy atom. The smallest absolute Gasteiger partial charge is 0.219 e. The van der Waals surface area contributed by atoms with Crippen LogP contribution in [0.2, 0.25) is 0 Å². The first kappa shape index (κ1) is 22.6. The summed E-state index contributed by atoms with van der Waals surface area (Å²) >= 11 is 0. The van der Waals surface area contributed by atoms with Crippen LogP contribution < -0.4 is 5.73 Å². The van der Waals surface area contributed by atoms with E-state index in [1.165, 1.54) is 0 Å². The highest BCUT2D eigenvalue weighted by Gasteiger charge is 2.18. The van der Waals surface area contributed by atoms with Crippen LogP contribution in [0.25, 0.3) is 16.8 Å². The summed E-state index contributed by atoms with van der Waals surface area (Å²) in [5.41, 5.74) is 11.9. The Morgan fingerprint density at radius 2 is 1.71 bits per heavy atom. The van der Waals surface area contributed by atoms with Gasteiger partial charge in [0.2, 0.25) is 5.88 Å². The zero-order valence-electron chi connectivity index (χ0n) is 19.3. The van der Waals surface area contributed by atoms with Gasteiger partial charge in [0.15, 0.2) is 11.5 Å². The van der Waals surface area contributed by atoms with Crippen molar-refractivity contribution in [3.63, 3.8) is 0 Å². The fourth-order valence-electron chi connectivity index (χ4n) is 4.37. The number of fused-ring (bicyclic) bond motifs is 1. The molecule has 3 N–H and O–H groups in total. The third-order valence-electron chi connectivity index (χ3n) is 6.03. The summed E-state index contributed by atoms with van der Waals surface area (Å²) in [5, 5.41) is 10.9. The molecule has 0 radical (unpaired) electrons. The third kappa shape index (κ3) is 4.46. The van der Waals surface area contributed by atoms with Gasteiger partial charge in [-0.05, 0) is 28.3 Å². The van der Waals surface area contributed by atoms with Crippen molar-refractivity contribution in [1.82, 2.24) is 14.4 Å². The van der Waals surface area contributed by atoms with Gasteiger partial charge in [0, 0.05) is 37.9 Å². The average Bonchev–Trinajstić information content (AvgIpc) is 3.18. The molecule has 176 valence electrons. The Bertz CT molecular complexity index is 1510. The maximum Gasteiger partial charge on any atom is 0.219 e. The van der Waals surface area contributed by atoms with Gasteiger partial charge < -0.3 is 15.6 Å². The van der Waals surface area contributed by atoms with E-state index in [2.05, 4.69) is 4.98 Å². The number of aromatic hydroxyl groups is 1. The molecule has 0 amide bonds. The van der Waals surface area contributed by atoms with Gasteiger partial charge in [-0.1, -0.05) is 60.7 Å². The summed E-state index contributed by atoms with van der Waals surface area (Å²) in [7, 11) is 1.66.